The highest BCUT2D eigenvalue weighted by molar-refractivity contribution is 7.89. The van der Waals surface area contributed by atoms with Gasteiger partial charge in [0.2, 0.25) is 15.9 Å². The molecule has 1 aliphatic rings. The SMILES string of the molecule is O=[N+]([O-])c1cc(S(=O)(=O)N2CCOCC2)ccc1OCc1ncc(-c2cccc(Cl)c2)o1. The van der Waals surface area contributed by atoms with Crippen LogP contribution in [0.25, 0.3) is 11.3 Å². The topological polar surface area (TPSA) is 125 Å². The molecule has 32 heavy (non-hydrogen) atoms. The van der Waals surface area contributed by atoms with Crippen LogP contribution in [0.2, 0.25) is 5.02 Å². The Morgan fingerprint density at radius 2 is 1.97 bits per heavy atom. The van der Waals surface area contributed by atoms with Crippen molar-refractivity contribution in [1.29, 1.82) is 0 Å². The fourth-order valence-electron chi connectivity index (χ4n) is 3.15. The molecule has 2 heterocycles. The second kappa shape index (κ2) is 9.25. The van der Waals surface area contributed by atoms with Crippen LogP contribution in [0.1, 0.15) is 5.89 Å². The summed E-state index contributed by atoms with van der Waals surface area (Å²) in [6.07, 6.45) is 1.50. The molecule has 1 saturated heterocycles. The van der Waals surface area contributed by atoms with E-state index in [0.29, 0.717) is 10.8 Å². The van der Waals surface area contributed by atoms with Crippen molar-refractivity contribution in [1.82, 2.24) is 9.29 Å². The Labute approximate surface area is 188 Å². The summed E-state index contributed by atoms with van der Waals surface area (Å²) in [6, 6.07) is 10.5. The van der Waals surface area contributed by atoms with Crippen molar-refractivity contribution in [3.05, 3.63) is 69.7 Å². The second-order valence-electron chi connectivity index (χ2n) is 6.82. The van der Waals surface area contributed by atoms with Crippen LogP contribution in [0, 0.1) is 10.1 Å². The molecule has 10 nitrogen and oxygen atoms in total. The molecule has 0 aliphatic carbocycles. The third-order valence-electron chi connectivity index (χ3n) is 4.75. The summed E-state index contributed by atoms with van der Waals surface area (Å²) in [6.45, 7) is 0.740. The van der Waals surface area contributed by atoms with Gasteiger partial charge in [-0.3, -0.25) is 10.1 Å². The average molecular weight is 480 g/mol. The number of aromatic nitrogens is 1. The quantitative estimate of drug-likeness (QED) is 0.372. The van der Waals surface area contributed by atoms with Crippen LogP contribution in [0.15, 0.2) is 58.0 Å². The maximum absolute atomic E-state index is 12.8. The van der Waals surface area contributed by atoms with Crippen LogP contribution in [0.5, 0.6) is 5.75 Å². The van der Waals surface area contributed by atoms with Gasteiger partial charge in [-0.25, -0.2) is 13.4 Å². The summed E-state index contributed by atoms with van der Waals surface area (Å²) >= 11 is 5.98. The van der Waals surface area contributed by atoms with E-state index in [4.69, 9.17) is 25.5 Å². The smallest absolute Gasteiger partial charge is 0.312 e. The number of halogens is 1. The number of sulfonamides is 1. The standard InChI is InChI=1S/C20H18ClN3O7S/c21-15-3-1-2-14(10-15)19-12-22-20(31-19)13-30-18-5-4-16(11-17(18)24(25)26)32(27,28)23-6-8-29-9-7-23/h1-5,10-12H,6-9,13H2. The Morgan fingerprint density at radius 1 is 1.19 bits per heavy atom. The highest BCUT2D eigenvalue weighted by Crippen LogP contribution is 2.32. The fourth-order valence-corrected chi connectivity index (χ4v) is 4.77. The van der Waals surface area contributed by atoms with Gasteiger partial charge in [0.25, 0.3) is 0 Å². The maximum Gasteiger partial charge on any atom is 0.312 e. The highest BCUT2D eigenvalue weighted by atomic mass is 35.5. The predicted molar refractivity (Wildman–Crippen MR) is 114 cm³/mol. The van der Waals surface area contributed by atoms with Gasteiger partial charge in [-0.15, -0.1) is 0 Å². The number of nitro groups is 1. The lowest BCUT2D eigenvalue weighted by molar-refractivity contribution is -0.386. The van der Waals surface area contributed by atoms with E-state index in [1.165, 1.54) is 22.6 Å². The van der Waals surface area contributed by atoms with Crippen LogP contribution in [0.3, 0.4) is 0 Å². The van der Waals surface area contributed by atoms with E-state index in [1.54, 1.807) is 24.3 Å². The predicted octanol–water partition coefficient (Wildman–Crippen LogP) is 3.50. The molecule has 1 aromatic heterocycles. The third kappa shape index (κ3) is 4.75. The Hall–Kier alpha value is -2.99. The van der Waals surface area contributed by atoms with Crippen LogP contribution >= 0.6 is 11.6 Å². The van der Waals surface area contributed by atoms with Crippen LogP contribution in [-0.2, 0) is 21.4 Å². The first kappa shape index (κ1) is 22.2. The first-order valence-electron chi connectivity index (χ1n) is 9.54. The molecule has 0 spiro atoms. The summed E-state index contributed by atoms with van der Waals surface area (Å²) < 4.78 is 43.1. The van der Waals surface area contributed by atoms with Crippen molar-refractivity contribution >= 4 is 27.3 Å². The molecular weight excluding hydrogens is 462 g/mol. The molecule has 0 atom stereocenters. The lowest BCUT2D eigenvalue weighted by Crippen LogP contribution is -2.40. The number of ether oxygens (including phenoxy) is 2. The van der Waals surface area contributed by atoms with Crippen molar-refractivity contribution in [2.75, 3.05) is 26.3 Å². The molecule has 168 valence electrons. The zero-order chi connectivity index (χ0) is 22.7. The number of oxazole rings is 1. The minimum atomic E-state index is -3.88. The average Bonchev–Trinajstić information content (AvgIpc) is 3.27. The lowest BCUT2D eigenvalue weighted by atomic mass is 10.2. The van der Waals surface area contributed by atoms with Gasteiger partial charge in [0.15, 0.2) is 18.1 Å². The molecule has 0 saturated carbocycles. The largest absolute Gasteiger partial charge is 0.477 e. The van der Waals surface area contributed by atoms with E-state index in [0.717, 1.165) is 11.6 Å². The van der Waals surface area contributed by atoms with Crippen LogP contribution < -0.4 is 4.74 Å². The highest BCUT2D eigenvalue weighted by Gasteiger charge is 2.29. The van der Waals surface area contributed by atoms with Crippen LogP contribution in [-0.4, -0.2) is 48.9 Å². The number of rotatable bonds is 7. The molecule has 2 aromatic carbocycles. The van der Waals surface area contributed by atoms with Gasteiger partial charge >= 0.3 is 5.69 Å². The number of benzene rings is 2. The van der Waals surface area contributed by atoms with Gasteiger partial charge in [-0.05, 0) is 24.3 Å². The number of nitro benzene ring substituents is 1. The zero-order valence-corrected chi connectivity index (χ0v) is 18.2. The maximum atomic E-state index is 12.8. The molecule has 0 bridgehead atoms. The molecule has 0 radical (unpaired) electrons. The number of hydrogen-bond acceptors (Lipinski definition) is 8. The summed E-state index contributed by atoms with van der Waals surface area (Å²) in [4.78, 5) is 14.8. The molecule has 1 fully saturated rings. The molecule has 3 aromatic rings. The van der Waals surface area contributed by atoms with Gasteiger partial charge in [0.1, 0.15) is 0 Å². The molecule has 0 amide bonds. The zero-order valence-electron chi connectivity index (χ0n) is 16.6. The van der Waals surface area contributed by atoms with E-state index in [-0.39, 0.29) is 49.4 Å². The molecule has 4 rings (SSSR count). The Bertz CT molecular complexity index is 1240. The normalized spacial score (nSPS) is 14.9. The monoisotopic (exact) mass is 479 g/mol. The van der Waals surface area contributed by atoms with Gasteiger partial charge in [0.05, 0.1) is 29.2 Å². The van der Waals surface area contributed by atoms with Crippen molar-refractivity contribution in [3.8, 4) is 17.1 Å². The van der Waals surface area contributed by atoms with E-state index >= 15 is 0 Å². The van der Waals surface area contributed by atoms with Gasteiger partial charge in [0, 0.05) is 29.7 Å². The molecular formula is C20H18ClN3O7S. The molecule has 0 N–H and O–H groups in total. The first-order chi connectivity index (χ1) is 15.3. The van der Waals surface area contributed by atoms with Crippen molar-refractivity contribution < 1.29 is 27.2 Å². The third-order valence-corrected chi connectivity index (χ3v) is 6.88. The summed E-state index contributed by atoms with van der Waals surface area (Å²) in [7, 11) is -3.88. The Balaban J connectivity index is 1.52. The van der Waals surface area contributed by atoms with Crippen molar-refractivity contribution in [3.63, 3.8) is 0 Å². The first-order valence-corrected chi connectivity index (χ1v) is 11.4. The Morgan fingerprint density at radius 3 is 2.69 bits per heavy atom. The lowest BCUT2D eigenvalue weighted by Gasteiger charge is -2.26. The van der Waals surface area contributed by atoms with Crippen LogP contribution in [0.4, 0.5) is 5.69 Å². The number of hydrogen-bond donors (Lipinski definition) is 0. The van der Waals surface area contributed by atoms with Crippen molar-refractivity contribution in [2.24, 2.45) is 0 Å². The number of nitrogens with zero attached hydrogens (tertiary/aromatic N) is 3. The minimum Gasteiger partial charge on any atom is -0.477 e. The molecule has 0 unspecified atom stereocenters. The minimum absolute atomic E-state index is 0.0987. The fraction of sp³-hybridized carbons (Fsp3) is 0.250. The molecule has 1 aliphatic heterocycles. The Kier molecular flexibility index (Phi) is 6.42. The summed E-state index contributed by atoms with van der Waals surface area (Å²) in [5.74, 6) is 0.560. The van der Waals surface area contributed by atoms with E-state index in [1.807, 2.05) is 0 Å². The van der Waals surface area contributed by atoms with E-state index in [2.05, 4.69) is 4.98 Å². The summed E-state index contributed by atoms with van der Waals surface area (Å²) in [5, 5.41) is 12.1. The van der Waals surface area contributed by atoms with Gasteiger partial charge in [-0.2, -0.15) is 4.31 Å². The van der Waals surface area contributed by atoms with E-state index < -0.39 is 20.6 Å². The second-order valence-corrected chi connectivity index (χ2v) is 9.19. The van der Waals surface area contributed by atoms with Gasteiger partial charge < -0.3 is 13.9 Å². The number of morpholine rings is 1. The summed E-state index contributed by atoms with van der Waals surface area (Å²) in [5.41, 5.74) is 0.251. The van der Waals surface area contributed by atoms with Gasteiger partial charge in [-0.1, -0.05) is 23.7 Å². The van der Waals surface area contributed by atoms with E-state index in [9.17, 15) is 18.5 Å². The van der Waals surface area contributed by atoms with Crippen molar-refractivity contribution in [2.45, 2.75) is 11.5 Å². The molecule has 12 heteroatoms.